The summed E-state index contributed by atoms with van der Waals surface area (Å²) in [5.74, 6) is -4.66. The summed E-state index contributed by atoms with van der Waals surface area (Å²) in [5, 5.41) is 2.66. The first-order valence-corrected chi connectivity index (χ1v) is 23.2. The third-order valence-corrected chi connectivity index (χ3v) is 10.1. The van der Waals surface area contributed by atoms with Crippen LogP contribution in [0, 0.1) is 0 Å². The molecule has 0 aliphatic rings. The van der Waals surface area contributed by atoms with Crippen LogP contribution in [0.5, 0.6) is 11.5 Å². The van der Waals surface area contributed by atoms with Gasteiger partial charge in [0.2, 0.25) is 12.2 Å². The number of hydrogen-bond acceptors (Lipinski definition) is 13. The zero-order chi connectivity index (χ0) is 118. The lowest BCUT2D eigenvalue weighted by atomic mass is 10.00. The zero-order valence-electron chi connectivity index (χ0n) is 105. The number of halogens is 9. The van der Waals surface area contributed by atoms with E-state index in [2.05, 4.69) is 14.8 Å². The summed E-state index contributed by atoms with van der Waals surface area (Å²) in [6.45, 7) is 9.68. The van der Waals surface area contributed by atoms with Crippen molar-refractivity contribution in [3.63, 3.8) is 0 Å². The van der Waals surface area contributed by atoms with E-state index >= 15 is 0 Å². The Morgan fingerprint density at radius 2 is 0.935 bits per heavy atom. The minimum atomic E-state index is -4.89. The lowest BCUT2D eigenvalue weighted by molar-refractivity contribution is -0.275. The fourth-order valence-corrected chi connectivity index (χ4v) is 6.60. The lowest BCUT2D eigenvalue weighted by Crippen LogP contribution is -2.49. The number of benzene rings is 4. The van der Waals surface area contributed by atoms with Gasteiger partial charge in [0.25, 0.3) is 0 Å². The molecule has 23 heteroatoms. The highest BCUT2D eigenvalue weighted by atomic mass is 35.5. The molecule has 0 saturated heterocycles. The highest BCUT2D eigenvalue weighted by molar-refractivity contribution is 5.86. The van der Waals surface area contributed by atoms with Crippen molar-refractivity contribution in [2.24, 2.45) is 0 Å². The molecule has 490 valence electrons. The van der Waals surface area contributed by atoms with Crippen molar-refractivity contribution >= 4 is 42.4 Å². The van der Waals surface area contributed by atoms with Crippen LogP contribution in [0.15, 0.2) is 109 Å². The molecule has 0 bridgehead atoms. The Bertz CT molecular complexity index is 2570. The SMILES string of the molecule is CN(C(=O)OC(C)(C)C)[C@@H](CC(C)(C)F)C(=O)O[C@@H](Cc1ccc(OC(F)(F)F)cc1)C(=O)OCc1ccccc1.CN[C@@H](CC(C)(C)F)C(=O)O[C@@H](Cc1ccc(OC(F)(F)F)cc1)C(=O)OCc1ccccc1.Cl.[2HH].[2H]C.[2H][2H].[2H][2H].[2H][2H].[2H][2H].[2H][2H].[2H][2H].[2H][2H].[2H][2H].[2H][2H].[2H][2H].[2H][2H].[2H][2H].[2H][2H].[2H][2H].[2H][2H].[2H][2H].[2H][2H].[2H][2H].[2H][2H].[2H][2H].[2H][2H].[2H][2H].[2H][2H].[2H][2H].[2H][2H].[2H][2H].[2H][2H].[2H][2H].[2H][2H].[2H][2H]. The molecule has 0 aromatic heterocycles. The Labute approximate surface area is 544 Å². The summed E-state index contributed by atoms with van der Waals surface area (Å²) in [6, 6.07) is 24.4. The zero-order valence-corrected chi connectivity index (χ0v) is 45.0. The first-order chi connectivity index (χ1) is 65.7. The van der Waals surface area contributed by atoms with Gasteiger partial charge in [-0.2, -0.15) is 0 Å². The average Bonchev–Trinajstić information content (AvgIpc) is 0.838. The van der Waals surface area contributed by atoms with Crippen molar-refractivity contribution in [2.45, 2.75) is 149 Å². The number of nitrogens with one attached hydrogen (secondary N) is 1. The van der Waals surface area contributed by atoms with Crippen LogP contribution < -0.4 is 14.8 Å². The summed E-state index contributed by atoms with van der Waals surface area (Å²) in [6.07, 6.45) is -14.7. The van der Waals surface area contributed by atoms with Crippen LogP contribution >= 0.6 is 12.4 Å². The molecule has 0 radical (unpaired) electrons. The number of carbonyl (C=O) groups excluding carboxylic acids is 5. The van der Waals surface area contributed by atoms with Crippen LogP contribution in [0.1, 0.15) is 183 Å². The summed E-state index contributed by atoms with van der Waals surface area (Å²) in [7, 11) is 3.95. The normalized spacial score (nSPS) is 16.4. The first kappa shape index (κ1) is 32.9. The molecule has 0 saturated carbocycles. The molecule has 4 rings (SSSR count). The standard InChI is InChI=1S/C29H35F4NO7.C24H27F4NO5.CH4.ClH.31H2/c1-27(2,3)41-26(37)34(6)22(17-28(4,5)30)24(35)39-23(25(36)38-18-20-10-8-7-9-11-20)16-19-12-14-21(15-13-19)40-29(31,32)33;1-23(2,25)14-19(29-3)21(30)33-20(22(31)32-15-17-7-5-4-6-8-17)13-16-9-11-18(12-10-16)34-24(26,27)28;;;;;;;;;;;;;;;;;;;;;;;;;;;;;;;;;/h7-15,22-23H,16-18H2,1-6H3;4-12,19-20,29H,13-15H2,1-3H3;1H4;32*1H/t22-,23-;19-,20-;;;;;;;;;;;;;;;;;;;;;;;;;;;;;;;;;/m00................................./s1/i;;1D;;30*1+1D;1+1. The van der Waals surface area contributed by atoms with Crippen molar-refractivity contribution in [3.8, 4) is 11.5 Å². The second-order valence-corrected chi connectivity index (χ2v) is 19.1. The van der Waals surface area contributed by atoms with Gasteiger partial charge in [0.1, 0.15) is 53.7 Å². The summed E-state index contributed by atoms with van der Waals surface area (Å²) >= 11 is 0. The minimum absolute atomic E-state index is 0. The van der Waals surface area contributed by atoms with E-state index in [1.807, 2.05) is 0 Å². The maximum absolute atomic E-state index is 14.7. The van der Waals surface area contributed by atoms with E-state index in [-0.39, 0.29) is 46.3 Å². The van der Waals surface area contributed by atoms with Gasteiger partial charge in [0.05, 0.1) is 0 Å². The predicted molar refractivity (Wildman–Crippen MR) is 336 cm³/mol. The molecule has 0 spiro atoms. The third kappa shape index (κ3) is 27.8. The Morgan fingerprint density at radius 3 is 1.26 bits per heavy atom. The molecule has 4 atom stereocenters. The van der Waals surface area contributed by atoms with Crippen LogP contribution in [-0.2, 0) is 68.9 Å². The van der Waals surface area contributed by atoms with E-state index in [0.717, 1.165) is 29.2 Å². The molecule has 4 aromatic rings. The summed E-state index contributed by atoms with van der Waals surface area (Å²) < 4.78 is 444. The second-order valence-electron chi connectivity index (χ2n) is 19.1. The topological polar surface area (TPSA) is 165 Å². The van der Waals surface area contributed by atoms with Crippen molar-refractivity contribution < 1.29 is 184 Å². The number of ether oxygens (including phenoxy) is 7. The van der Waals surface area contributed by atoms with Gasteiger partial charge in [-0.3, -0.25) is 9.69 Å². The molecule has 77 heavy (non-hydrogen) atoms. The second kappa shape index (κ2) is 30.3. The third-order valence-electron chi connectivity index (χ3n) is 10.1. The molecule has 0 aliphatic carbocycles. The molecule has 1 N–H and O–H groups in total. The Balaban J connectivity index is -0.0000000368. The Kier molecular flexibility index (Phi) is 13.0. The molecule has 14 nitrogen and oxygen atoms in total. The van der Waals surface area contributed by atoms with Gasteiger partial charge in [0, 0.05) is 125 Å². The number of alkyl halides is 8. The van der Waals surface area contributed by atoms with E-state index in [1.54, 1.807) is 81.4 Å². The number of likely N-dealkylation sites (N-methyl/N-ethyl adjacent to an activating group) is 2. The van der Waals surface area contributed by atoms with E-state index in [0.29, 0.717) is 22.3 Å². The maximum atomic E-state index is 14.7. The number of amides is 1. The van der Waals surface area contributed by atoms with Crippen LogP contribution in [0.4, 0.5) is 39.9 Å². The summed E-state index contributed by atoms with van der Waals surface area (Å²) in [5.41, 5.74) is -2.42. The number of rotatable bonds is 22. The van der Waals surface area contributed by atoms with E-state index < -0.39 is 102 Å². The molecule has 1 amide bonds. The Morgan fingerprint density at radius 1 is 0.571 bits per heavy atom. The van der Waals surface area contributed by atoms with Gasteiger partial charge in [-0.05, 0) is 102 Å². The Hall–Kier alpha value is -6.68. The van der Waals surface area contributed by atoms with Gasteiger partial charge in [-0.15, -0.1) is 38.7 Å². The molecule has 0 fully saturated rings. The average molecular weight is 1250 g/mol. The van der Waals surface area contributed by atoms with E-state index in [1.165, 1.54) is 73.5 Å². The van der Waals surface area contributed by atoms with Crippen LogP contribution in [0.2, 0.25) is 0 Å². The minimum Gasteiger partial charge on any atom is -0.458 e. The highest BCUT2D eigenvalue weighted by Crippen LogP contribution is 2.27. The van der Waals surface area contributed by atoms with Crippen molar-refractivity contribution in [1.82, 2.24) is 10.2 Å². The smallest absolute Gasteiger partial charge is 0.458 e. The van der Waals surface area contributed by atoms with Crippen molar-refractivity contribution in [3.05, 3.63) is 131 Å². The van der Waals surface area contributed by atoms with Crippen molar-refractivity contribution in [2.75, 3.05) is 14.1 Å². The maximum Gasteiger partial charge on any atom is 0.573 e. The largest absolute Gasteiger partial charge is 0.573 e. The number of esters is 4. The molecular weight excluding hydrogens is 1060 g/mol. The molecule has 4 aromatic carbocycles. The monoisotopic (exact) mass is 1250 g/mol. The molecule has 0 unspecified atom stereocenters. The first-order valence-electron chi connectivity index (χ1n) is 54.2. The van der Waals surface area contributed by atoms with Crippen LogP contribution in [-0.4, -0.2) is 103 Å². The van der Waals surface area contributed by atoms with Gasteiger partial charge >= 0.3 is 42.7 Å². The van der Waals surface area contributed by atoms with Crippen molar-refractivity contribution in [1.29, 1.82) is 0 Å². The fourth-order valence-electron chi connectivity index (χ4n) is 6.60. The predicted octanol–water partition coefficient (Wildman–Crippen LogP) is 19.3. The fraction of sp³-hybridized carbons (Fsp3) is 0.463. The van der Waals surface area contributed by atoms with Crippen LogP contribution in [0.25, 0.3) is 0 Å². The van der Waals surface area contributed by atoms with E-state index in [9.17, 15) is 59.1 Å². The quantitative estimate of drug-likeness (QED) is 0.0449. The number of nitrogens with zero attached hydrogens (tertiary/aromatic N) is 1. The number of hydrogen-bond donors (Lipinski definition) is 1. The summed E-state index contributed by atoms with van der Waals surface area (Å²) in [4.78, 5) is 65.3. The number of carbonyl (C=O) groups is 5. The van der Waals surface area contributed by atoms with Gasteiger partial charge in [-0.25, -0.2) is 28.0 Å². The van der Waals surface area contributed by atoms with Gasteiger partial charge in [0.15, 0.2) is 0 Å². The lowest BCUT2D eigenvalue weighted by Gasteiger charge is -2.32. The highest BCUT2D eigenvalue weighted by Gasteiger charge is 2.39. The van der Waals surface area contributed by atoms with Gasteiger partial charge in [-0.1, -0.05) is 92.3 Å². The van der Waals surface area contributed by atoms with E-state index in [4.69, 9.17) is 114 Å². The molecular formula is C54H129ClF8N2O12. The molecule has 0 heterocycles. The van der Waals surface area contributed by atoms with Crippen LogP contribution in [0.3, 0.4) is 0 Å². The molecule has 0 aliphatic heterocycles. The van der Waals surface area contributed by atoms with Gasteiger partial charge < -0.3 is 38.5 Å².